The van der Waals surface area contributed by atoms with Gasteiger partial charge in [-0.05, 0) is 70.2 Å². The summed E-state index contributed by atoms with van der Waals surface area (Å²) in [5, 5.41) is 2.84. The Kier molecular flexibility index (Phi) is 8.04. The number of benzene rings is 2. The molecule has 0 fully saturated rings. The number of hydrogen-bond acceptors (Lipinski definition) is 6. The van der Waals surface area contributed by atoms with Crippen molar-refractivity contribution in [3.63, 3.8) is 0 Å². The van der Waals surface area contributed by atoms with Crippen LogP contribution in [0.25, 0.3) is 0 Å². The molecular formula is C26H24F6N2O5. The molecule has 39 heavy (non-hydrogen) atoms. The SMILES string of the molecule is CCOC(=O)C1=C(Nc2ccc(OC(=O)c3cc(C(F)(F)F)cc(C(F)(F)F)c3)cc2)C(=O)N(C(C)(C)C)C1. The summed E-state index contributed by atoms with van der Waals surface area (Å²) in [6.07, 6.45) is -10.2. The van der Waals surface area contributed by atoms with E-state index in [0.29, 0.717) is 0 Å². The number of hydrogen-bond donors (Lipinski definition) is 1. The number of rotatable bonds is 6. The molecule has 13 heteroatoms. The maximum atomic E-state index is 13.1. The predicted octanol–water partition coefficient (Wildman–Crippen LogP) is 5.81. The molecule has 0 saturated carbocycles. The Morgan fingerprint density at radius 3 is 1.90 bits per heavy atom. The van der Waals surface area contributed by atoms with Gasteiger partial charge in [-0.1, -0.05) is 0 Å². The van der Waals surface area contributed by atoms with Gasteiger partial charge in [-0.2, -0.15) is 26.3 Å². The summed E-state index contributed by atoms with van der Waals surface area (Å²) >= 11 is 0. The Morgan fingerprint density at radius 2 is 1.44 bits per heavy atom. The van der Waals surface area contributed by atoms with Crippen LogP contribution in [0.15, 0.2) is 53.7 Å². The number of amides is 1. The molecule has 1 heterocycles. The topological polar surface area (TPSA) is 84.9 Å². The highest BCUT2D eigenvalue weighted by Gasteiger charge is 2.40. The lowest BCUT2D eigenvalue weighted by Gasteiger charge is -2.32. The molecule has 0 aromatic heterocycles. The number of carbonyl (C=O) groups is 3. The molecule has 1 aliphatic rings. The Labute approximate surface area is 219 Å². The molecule has 2 aromatic carbocycles. The van der Waals surface area contributed by atoms with Crippen molar-refractivity contribution < 1.29 is 50.2 Å². The van der Waals surface area contributed by atoms with Gasteiger partial charge in [0, 0.05) is 11.2 Å². The highest BCUT2D eigenvalue weighted by atomic mass is 19.4. The van der Waals surface area contributed by atoms with E-state index < -0.39 is 52.4 Å². The van der Waals surface area contributed by atoms with Crippen LogP contribution in [0.4, 0.5) is 32.0 Å². The summed E-state index contributed by atoms with van der Waals surface area (Å²) in [5.41, 5.74) is -4.48. The van der Waals surface area contributed by atoms with Gasteiger partial charge in [0.25, 0.3) is 5.91 Å². The number of halogens is 6. The number of nitrogens with zero attached hydrogens (tertiary/aromatic N) is 1. The zero-order valence-electron chi connectivity index (χ0n) is 21.2. The molecule has 1 aliphatic heterocycles. The third-order valence-electron chi connectivity index (χ3n) is 5.57. The fraction of sp³-hybridized carbons (Fsp3) is 0.346. The van der Waals surface area contributed by atoms with Crippen LogP contribution >= 0.6 is 0 Å². The van der Waals surface area contributed by atoms with Crippen molar-refractivity contribution >= 4 is 23.5 Å². The Balaban J connectivity index is 1.83. The van der Waals surface area contributed by atoms with E-state index in [1.807, 2.05) is 0 Å². The smallest absolute Gasteiger partial charge is 0.416 e. The predicted molar refractivity (Wildman–Crippen MR) is 127 cm³/mol. The van der Waals surface area contributed by atoms with Crippen LogP contribution in [0.1, 0.15) is 49.2 Å². The molecule has 3 rings (SSSR count). The first kappa shape index (κ1) is 29.5. The second kappa shape index (κ2) is 10.6. The van der Waals surface area contributed by atoms with E-state index >= 15 is 0 Å². The minimum atomic E-state index is -5.12. The zero-order chi connectivity index (χ0) is 29.3. The summed E-state index contributed by atoms with van der Waals surface area (Å²) < 4.78 is 88.6. The van der Waals surface area contributed by atoms with E-state index in [1.54, 1.807) is 27.7 Å². The lowest BCUT2D eigenvalue weighted by Crippen LogP contribution is -2.44. The minimum absolute atomic E-state index is 0.0100. The summed E-state index contributed by atoms with van der Waals surface area (Å²) in [5.74, 6) is -2.76. The van der Waals surface area contributed by atoms with Gasteiger partial charge in [-0.15, -0.1) is 0 Å². The maximum absolute atomic E-state index is 13.1. The molecular weight excluding hydrogens is 534 g/mol. The fourth-order valence-corrected chi connectivity index (χ4v) is 3.62. The van der Waals surface area contributed by atoms with Crippen molar-refractivity contribution in [1.29, 1.82) is 0 Å². The summed E-state index contributed by atoms with van der Waals surface area (Å²) in [6.45, 7) is 7.10. The Bertz CT molecular complexity index is 1280. The second-order valence-corrected chi connectivity index (χ2v) is 9.47. The van der Waals surface area contributed by atoms with Gasteiger partial charge in [0.05, 0.1) is 35.4 Å². The van der Waals surface area contributed by atoms with Crippen molar-refractivity contribution in [2.24, 2.45) is 0 Å². The molecule has 0 aliphatic carbocycles. The quantitative estimate of drug-likeness (QED) is 0.274. The monoisotopic (exact) mass is 558 g/mol. The molecule has 0 atom stereocenters. The van der Waals surface area contributed by atoms with E-state index in [2.05, 4.69) is 5.32 Å². The Hall–Kier alpha value is -4.03. The number of nitrogens with one attached hydrogen (secondary N) is 1. The molecule has 210 valence electrons. The van der Waals surface area contributed by atoms with Crippen LogP contribution in [-0.4, -0.2) is 41.4 Å². The van der Waals surface area contributed by atoms with E-state index in [-0.39, 0.29) is 54.1 Å². The average Bonchev–Trinajstić information content (AvgIpc) is 3.15. The van der Waals surface area contributed by atoms with Gasteiger partial charge in [0.2, 0.25) is 0 Å². The van der Waals surface area contributed by atoms with Gasteiger partial charge in [0.15, 0.2) is 0 Å². The number of carbonyl (C=O) groups excluding carboxylic acids is 3. The number of alkyl halides is 6. The minimum Gasteiger partial charge on any atom is -0.463 e. The summed E-state index contributed by atoms with van der Waals surface area (Å²) in [7, 11) is 0. The van der Waals surface area contributed by atoms with Crippen molar-refractivity contribution in [1.82, 2.24) is 4.90 Å². The van der Waals surface area contributed by atoms with E-state index in [1.165, 1.54) is 29.2 Å². The first-order chi connectivity index (χ1) is 17.9. The largest absolute Gasteiger partial charge is 0.463 e. The highest BCUT2D eigenvalue weighted by molar-refractivity contribution is 6.08. The number of anilines is 1. The summed E-state index contributed by atoms with van der Waals surface area (Å²) in [4.78, 5) is 39.3. The van der Waals surface area contributed by atoms with Gasteiger partial charge < -0.3 is 19.7 Å². The molecule has 0 unspecified atom stereocenters. The van der Waals surface area contributed by atoms with Gasteiger partial charge >= 0.3 is 24.3 Å². The fourth-order valence-electron chi connectivity index (χ4n) is 3.62. The van der Waals surface area contributed by atoms with Crippen LogP contribution in [0.5, 0.6) is 5.75 Å². The van der Waals surface area contributed by atoms with Crippen LogP contribution in [0, 0.1) is 0 Å². The van der Waals surface area contributed by atoms with E-state index in [4.69, 9.17) is 9.47 Å². The Morgan fingerprint density at radius 1 is 0.897 bits per heavy atom. The molecule has 0 spiro atoms. The number of ether oxygens (including phenoxy) is 2. The van der Waals surface area contributed by atoms with Crippen molar-refractivity contribution in [2.75, 3.05) is 18.5 Å². The third-order valence-corrected chi connectivity index (χ3v) is 5.57. The maximum Gasteiger partial charge on any atom is 0.416 e. The van der Waals surface area contributed by atoms with Gasteiger partial charge in [-0.3, -0.25) is 4.79 Å². The lowest BCUT2D eigenvalue weighted by molar-refractivity contribution is -0.143. The van der Waals surface area contributed by atoms with E-state index in [9.17, 15) is 40.7 Å². The molecule has 7 nitrogen and oxygen atoms in total. The normalized spacial score (nSPS) is 14.5. The van der Waals surface area contributed by atoms with Crippen LogP contribution < -0.4 is 10.1 Å². The zero-order valence-corrected chi connectivity index (χ0v) is 21.2. The van der Waals surface area contributed by atoms with Crippen LogP contribution in [0.3, 0.4) is 0 Å². The number of esters is 2. The highest BCUT2D eigenvalue weighted by Crippen LogP contribution is 2.36. The van der Waals surface area contributed by atoms with Crippen LogP contribution in [0.2, 0.25) is 0 Å². The molecule has 0 radical (unpaired) electrons. The summed E-state index contributed by atoms with van der Waals surface area (Å²) in [6, 6.07) is 5.56. The van der Waals surface area contributed by atoms with Crippen molar-refractivity contribution in [3.8, 4) is 5.75 Å². The third kappa shape index (κ3) is 6.89. The first-order valence-corrected chi connectivity index (χ1v) is 11.5. The average molecular weight is 558 g/mol. The van der Waals surface area contributed by atoms with Crippen molar-refractivity contribution in [2.45, 2.75) is 45.6 Å². The van der Waals surface area contributed by atoms with Crippen molar-refractivity contribution in [3.05, 3.63) is 70.4 Å². The van der Waals surface area contributed by atoms with Gasteiger partial charge in [-0.25, -0.2) is 9.59 Å². The second-order valence-electron chi connectivity index (χ2n) is 9.47. The van der Waals surface area contributed by atoms with E-state index in [0.717, 1.165) is 0 Å². The molecule has 2 aromatic rings. The molecule has 1 N–H and O–H groups in total. The first-order valence-electron chi connectivity index (χ1n) is 11.5. The standard InChI is InChI=1S/C26H24F6N2O5/c1-5-38-23(37)19-13-34(24(2,3)4)21(35)20(19)33-17-6-8-18(9-7-17)39-22(36)14-10-15(25(27,28)29)12-16(11-14)26(30,31)32/h6-12,33H,5,13H2,1-4H3. The molecule has 0 saturated heterocycles. The lowest BCUT2D eigenvalue weighted by atomic mass is 10.0. The van der Waals surface area contributed by atoms with Gasteiger partial charge in [0.1, 0.15) is 11.4 Å². The molecule has 0 bridgehead atoms. The molecule has 1 amide bonds. The van der Waals surface area contributed by atoms with Crippen LogP contribution in [-0.2, 0) is 26.7 Å².